The highest BCUT2D eigenvalue weighted by Gasteiger charge is 2.35. The topological polar surface area (TPSA) is 72.2 Å². The minimum Gasteiger partial charge on any atom is -0.349 e. The van der Waals surface area contributed by atoms with Gasteiger partial charge in [-0.3, -0.25) is 14.9 Å². The lowest BCUT2D eigenvalue weighted by Gasteiger charge is -2.24. The molecular weight excluding hydrogens is 160 g/mol. The van der Waals surface area contributed by atoms with Gasteiger partial charge in [0.05, 0.1) is 6.54 Å². The summed E-state index contributed by atoms with van der Waals surface area (Å²) in [7, 11) is 0. The number of carbonyl (C=O) groups is 1. The van der Waals surface area contributed by atoms with Crippen molar-refractivity contribution in [1.29, 1.82) is 0 Å². The second kappa shape index (κ2) is 3.51. The Morgan fingerprint density at radius 2 is 2.42 bits per heavy atom. The zero-order chi connectivity index (χ0) is 9.14. The van der Waals surface area contributed by atoms with E-state index in [1.54, 1.807) is 0 Å². The number of amides is 1. The van der Waals surface area contributed by atoms with Crippen molar-refractivity contribution in [2.24, 2.45) is 5.92 Å². The molecule has 0 aromatic carbocycles. The van der Waals surface area contributed by atoms with Crippen LogP contribution in [0, 0.1) is 16.0 Å². The number of nitrogens with zero attached hydrogens (tertiary/aromatic N) is 1. The van der Waals surface area contributed by atoms with Gasteiger partial charge in [0.1, 0.15) is 0 Å². The third-order valence-corrected chi connectivity index (χ3v) is 2.30. The molecule has 0 bridgehead atoms. The lowest BCUT2D eigenvalue weighted by Crippen LogP contribution is -2.47. The van der Waals surface area contributed by atoms with Gasteiger partial charge >= 0.3 is 0 Å². The predicted molar refractivity (Wildman–Crippen MR) is 42.2 cm³/mol. The molecule has 0 aromatic rings. The van der Waals surface area contributed by atoms with Crippen LogP contribution in [0.3, 0.4) is 0 Å². The predicted octanol–water partition coefficient (Wildman–Crippen LogP) is 0.178. The van der Waals surface area contributed by atoms with E-state index >= 15 is 0 Å². The van der Waals surface area contributed by atoms with Crippen LogP contribution in [0.15, 0.2) is 0 Å². The van der Waals surface area contributed by atoms with E-state index in [-0.39, 0.29) is 23.3 Å². The fourth-order valence-corrected chi connectivity index (χ4v) is 1.49. The Kier molecular flexibility index (Phi) is 2.62. The monoisotopic (exact) mass is 172 g/mol. The maximum Gasteiger partial charge on any atom is 0.233 e. The first-order valence-corrected chi connectivity index (χ1v) is 4.05. The van der Waals surface area contributed by atoms with E-state index < -0.39 is 6.04 Å². The first-order valence-electron chi connectivity index (χ1n) is 4.05. The van der Waals surface area contributed by atoms with Crippen LogP contribution in [0.2, 0.25) is 0 Å². The van der Waals surface area contributed by atoms with Gasteiger partial charge in [-0.25, -0.2) is 0 Å². The average molecular weight is 172 g/mol. The van der Waals surface area contributed by atoms with Gasteiger partial charge in [0.2, 0.25) is 11.9 Å². The standard InChI is InChI=1S/C7H12N2O3/c1-2-5-3-7(10)8-4-6(5)9(11)12/h5-6H,2-4H2,1H3,(H,8,10). The summed E-state index contributed by atoms with van der Waals surface area (Å²) in [4.78, 5) is 21.1. The van der Waals surface area contributed by atoms with Crippen molar-refractivity contribution < 1.29 is 9.72 Å². The summed E-state index contributed by atoms with van der Waals surface area (Å²) in [6, 6.07) is -0.590. The van der Waals surface area contributed by atoms with E-state index in [1.807, 2.05) is 6.92 Å². The van der Waals surface area contributed by atoms with Crippen LogP contribution in [-0.2, 0) is 4.79 Å². The highest BCUT2D eigenvalue weighted by Crippen LogP contribution is 2.18. The van der Waals surface area contributed by atoms with Gasteiger partial charge in [-0.05, 0) is 6.42 Å². The summed E-state index contributed by atoms with van der Waals surface area (Å²) in [5.74, 6) is -0.159. The largest absolute Gasteiger partial charge is 0.349 e. The third kappa shape index (κ3) is 1.72. The van der Waals surface area contributed by atoms with Crippen LogP contribution in [0.5, 0.6) is 0 Å². The highest BCUT2D eigenvalue weighted by atomic mass is 16.6. The molecule has 0 saturated carbocycles. The summed E-state index contributed by atoms with van der Waals surface area (Å²) < 4.78 is 0. The van der Waals surface area contributed by atoms with Crippen LogP contribution in [0.4, 0.5) is 0 Å². The molecule has 0 radical (unpaired) electrons. The minimum absolute atomic E-state index is 0.0695. The smallest absolute Gasteiger partial charge is 0.233 e. The maximum absolute atomic E-state index is 10.9. The Bertz CT molecular complexity index is 205. The fourth-order valence-electron chi connectivity index (χ4n) is 1.49. The Balaban J connectivity index is 2.62. The van der Waals surface area contributed by atoms with E-state index in [2.05, 4.69) is 5.32 Å². The molecule has 0 spiro atoms. The van der Waals surface area contributed by atoms with E-state index in [0.29, 0.717) is 12.8 Å². The van der Waals surface area contributed by atoms with Crippen LogP contribution in [0.1, 0.15) is 19.8 Å². The van der Waals surface area contributed by atoms with Crippen LogP contribution >= 0.6 is 0 Å². The summed E-state index contributed by atoms with van der Waals surface area (Å²) >= 11 is 0. The number of hydrogen-bond donors (Lipinski definition) is 1. The molecule has 0 aromatic heterocycles. The van der Waals surface area contributed by atoms with E-state index in [1.165, 1.54) is 0 Å². The number of rotatable bonds is 2. The molecule has 0 aliphatic carbocycles. The molecule has 12 heavy (non-hydrogen) atoms. The molecule has 1 aliphatic rings. The van der Waals surface area contributed by atoms with Gasteiger partial charge in [-0.1, -0.05) is 6.92 Å². The van der Waals surface area contributed by atoms with Crippen molar-refractivity contribution in [2.45, 2.75) is 25.8 Å². The molecule has 1 N–H and O–H groups in total. The number of nitro groups is 1. The van der Waals surface area contributed by atoms with E-state index in [4.69, 9.17) is 0 Å². The fraction of sp³-hybridized carbons (Fsp3) is 0.857. The summed E-state index contributed by atoms with van der Waals surface area (Å²) in [6.07, 6.45) is 0.987. The first kappa shape index (κ1) is 8.96. The lowest BCUT2D eigenvalue weighted by molar-refractivity contribution is -0.531. The Morgan fingerprint density at radius 3 is 2.92 bits per heavy atom. The van der Waals surface area contributed by atoms with Gasteiger partial charge in [0.25, 0.3) is 0 Å². The molecule has 5 nitrogen and oxygen atoms in total. The molecule has 2 unspecified atom stereocenters. The number of piperidine rings is 1. The van der Waals surface area contributed by atoms with Crippen molar-refractivity contribution in [2.75, 3.05) is 6.54 Å². The van der Waals surface area contributed by atoms with E-state index in [9.17, 15) is 14.9 Å². The Morgan fingerprint density at radius 1 is 1.75 bits per heavy atom. The molecule has 1 saturated heterocycles. The van der Waals surface area contributed by atoms with Crippen LogP contribution in [0.25, 0.3) is 0 Å². The molecule has 68 valence electrons. The zero-order valence-corrected chi connectivity index (χ0v) is 6.95. The molecule has 2 atom stereocenters. The van der Waals surface area contributed by atoms with Crippen molar-refractivity contribution in [3.63, 3.8) is 0 Å². The van der Waals surface area contributed by atoms with Crippen LogP contribution < -0.4 is 5.32 Å². The van der Waals surface area contributed by atoms with Crippen molar-refractivity contribution in [3.8, 4) is 0 Å². The van der Waals surface area contributed by atoms with Crippen LogP contribution in [-0.4, -0.2) is 23.4 Å². The average Bonchev–Trinajstić information content (AvgIpc) is 2.03. The molecule has 1 amide bonds. The van der Waals surface area contributed by atoms with Gasteiger partial charge in [-0.2, -0.15) is 0 Å². The molecule has 1 fully saturated rings. The molecule has 1 aliphatic heterocycles. The summed E-state index contributed by atoms with van der Waals surface area (Å²) in [6.45, 7) is 2.06. The normalized spacial score (nSPS) is 29.6. The third-order valence-electron chi connectivity index (χ3n) is 2.30. The number of hydrogen-bond acceptors (Lipinski definition) is 3. The second-order valence-corrected chi connectivity index (χ2v) is 3.03. The van der Waals surface area contributed by atoms with Crippen molar-refractivity contribution in [3.05, 3.63) is 10.1 Å². The highest BCUT2D eigenvalue weighted by molar-refractivity contribution is 5.77. The zero-order valence-electron chi connectivity index (χ0n) is 6.95. The molecule has 1 rings (SSSR count). The molecule has 5 heteroatoms. The SMILES string of the molecule is CCC1CC(=O)NCC1[N+](=O)[O-]. The second-order valence-electron chi connectivity index (χ2n) is 3.03. The van der Waals surface area contributed by atoms with Crippen molar-refractivity contribution >= 4 is 5.91 Å². The molecular formula is C7H12N2O3. The van der Waals surface area contributed by atoms with Gasteiger partial charge in [0, 0.05) is 17.3 Å². The summed E-state index contributed by atoms with van der Waals surface area (Å²) in [5.41, 5.74) is 0. The van der Waals surface area contributed by atoms with E-state index in [0.717, 1.165) is 0 Å². The van der Waals surface area contributed by atoms with Crippen molar-refractivity contribution in [1.82, 2.24) is 5.32 Å². The number of carbonyl (C=O) groups excluding carboxylic acids is 1. The first-order chi connectivity index (χ1) is 5.65. The van der Waals surface area contributed by atoms with Gasteiger partial charge < -0.3 is 5.32 Å². The Labute approximate surface area is 70.3 Å². The number of nitrogens with one attached hydrogen (secondary N) is 1. The molecule has 1 heterocycles. The Hall–Kier alpha value is -1.13. The maximum atomic E-state index is 10.9. The summed E-state index contributed by atoms with van der Waals surface area (Å²) in [5, 5.41) is 13.0. The lowest BCUT2D eigenvalue weighted by atomic mass is 9.90. The van der Waals surface area contributed by atoms with Gasteiger partial charge in [0.15, 0.2) is 0 Å². The minimum atomic E-state index is -0.590. The quantitative estimate of drug-likeness (QED) is 0.477. The van der Waals surface area contributed by atoms with Gasteiger partial charge in [-0.15, -0.1) is 0 Å².